The van der Waals surface area contributed by atoms with Crippen molar-refractivity contribution in [1.82, 2.24) is 4.98 Å². The van der Waals surface area contributed by atoms with Crippen LogP contribution in [-0.4, -0.2) is 45.6 Å². The molecule has 0 fully saturated rings. The first-order valence-electron chi connectivity index (χ1n) is 10.2. The lowest BCUT2D eigenvalue weighted by molar-refractivity contribution is 0.102. The van der Waals surface area contributed by atoms with E-state index in [-0.39, 0.29) is 10.7 Å². The maximum atomic E-state index is 15.0. The van der Waals surface area contributed by atoms with Crippen molar-refractivity contribution in [3.05, 3.63) is 58.6 Å². The molecule has 2 aromatic rings. The minimum absolute atomic E-state index is 0.204. The van der Waals surface area contributed by atoms with Gasteiger partial charge in [0.1, 0.15) is 25.9 Å². The highest BCUT2D eigenvalue weighted by molar-refractivity contribution is 6.57. The molecule has 0 radical (unpaired) electrons. The molecule has 170 valence electrons. The van der Waals surface area contributed by atoms with Gasteiger partial charge in [0.05, 0.1) is 23.7 Å². The van der Waals surface area contributed by atoms with Gasteiger partial charge in [0.15, 0.2) is 0 Å². The maximum absolute atomic E-state index is 15.0. The van der Waals surface area contributed by atoms with Crippen LogP contribution >= 0.6 is 11.6 Å². The Morgan fingerprint density at radius 2 is 2.09 bits per heavy atom. The third-order valence-corrected chi connectivity index (χ3v) is 9.15. The van der Waals surface area contributed by atoms with E-state index in [2.05, 4.69) is 10.3 Å². The number of aliphatic imine (C=N–C) groups is 1. The minimum Gasteiger partial charge on any atom is -0.387 e. The number of methoxy groups -OCH3 is 1. The van der Waals surface area contributed by atoms with Crippen molar-refractivity contribution < 1.29 is 13.9 Å². The number of ether oxygens (including phenoxy) is 1. The van der Waals surface area contributed by atoms with Crippen LogP contribution in [0, 0.1) is 5.82 Å². The first-order chi connectivity index (χ1) is 15.1. The molecule has 3 N–H and O–H groups in total. The number of nitrogens with one attached hydrogen (secondary N) is 1. The lowest BCUT2D eigenvalue weighted by Gasteiger charge is -2.39. The Bertz CT molecular complexity index is 1070. The van der Waals surface area contributed by atoms with Crippen LogP contribution in [0.1, 0.15) is 36.8 Å². The molecule has 1 atom stereocenters. The molecule has 0 saturated heterocycles. The summed E-state index contributed by atoms with van der Waals surface area (Å²) in [6.45, 7) is 7.00. The fraction of sp³-hybridized carbons (Fsp3) is 0.409. The molecule has 1 aromatic carbocycles. The van der Waals surface area contributed by atoms with E-state index >= 15 is 0 Å². The van der Waals surface area contributed by atoms with Crippen LogP contribution in [0.25, 0.3) is 0 Å². The summed E-state index contributed by atoms with van der Waals surface area (Å²) in [5, 5.41) is 2.83. The third-order valence-electron chi connectivity index (χ3n) is 5.60. The van der Waals surface area contributed by atoms with Crippen molar-refractivity contribution in [2.45, 2.75) is 37.4 Å². The third kappa shape index (κ3) is 5.11. The number of amidine groups is 1. The molecule has 0 saturated carbocycles. The summed E-state index contributed by atoms with van der Waals surface area (Å²) in [6, 6.07) is 8.11. The van der Waals surface area contributed by atoms with Gasteiger partial charge in [-0.25, -0.2) is 9.37 Å². The molecule has 1 aromatic heterocycles. The number of hydrogen-bond acceptors (Lipinski definition) is 6. The molecule has 0 aliphatic carbocycles. The van der Waals surface area contributed by atoms with Crippen molar-refractivity contribution in [3.63, 3.8) is 0 Å². The molecule has 1 aliphatic heterocycles. The van der Waals surface area contributed by atoms with E-state index in [4.69, 9.17) is 31.7 Å². The first kappa shape index (κ1) is 24.2. The fourth-order valence-corrected chi connectivity index (χ4v) is 6.24. The maximum Gasteiger partial charge on any atom is 0.274 e. The molecule has 10 heteroatoms. The van der Waals surface area contributed by atoms with E-state index in [1.807, 2.05) is 20.8 Å². The summed E-state index contributed by atoms with van der Waals surface area (Å²) in [5.74, 6) is -0.374. The summed E-state index contributed by atoms with van der Waals surface area (Å²) in [5.41, 5.74) is 6.46. The lowest BCUT2D eigenvalue weighted by Crippen LogP contribution is -2.45. The van der Waals surface area contributed by atoms with Gasteiger partial charge in [-0.2, -0.15) is 0 Å². The zero-order valence-corrected chi connectivity index (χ0v) is 20.3. The normalized spacial score (nSPS) is 21.3. The number of nitrogens with two attached hydrogens (primary N) is 1. The molecule has 1 amide bonds. The Labute approximate surface area is 193 Å². The Kier molecular flexibility index (Phi) is 7.21. The molecular weight excluding hydrogens is 449 g/mol. The number of aromatic nitrogens is 1. The number of benzene rings is 1. The van der Waals surface area contributed by atoms with Gasteiger partial charge in [0, 0.05) is 35.6 Å². The minimum atomic E-state index is -1.38. The zero-order valence-electron chi connectivity index (χ0n) is 18.6. The first-order valence-corrected chi connectivity index (χ1v) is 12.2. The Hall–Kier alpha value is -2.49. The van der Waals surface area contributed by atoms with Crippen LogP contribution in [-0.2, 0) is 10.3 Å². The van der Waals surface area contributed by atoms with Gasteiger partial charge in [0.25, 0.3) is 5.91 Å². The SMILES string of the molecule is COCCN=[Si]1C[C@@](C)(c2cc(NC(=O)c3ccc(Cl)cn3)ccc2F)N=C(N)C1(C)C. The number of anilines is 1. The average molecular weight is 476 g/mol. The molecule has 0 bridgehead atoms. The Balaban J connectivity index is 1.94. The number of carbonyl (C=O) groups excluding carboxylic acids is 1. The molecular formula is C22H27ClFN5O2Si. The molecule has 32 heavy (non-hydrogen) atoms. The van der Waals surface area contributed by atoms with Gasteiger partial charge in [-0.3, -0.25) is 9.79 Å². The van der Waals surface area contributed by atoms with E-state index in [9.17, 15) is 9.18 Å². The predicted octanol–water partition coefficient (Wildman–Crippen LogP) is 4.40. The predicted molar refractivity (Wildman–Crippen MR) is 126 cm³/mol. The van der Waals surface area contributed by atoms with Crippen molar-refractivity contribution in [1.29, 1.82) is 0 Å². The fourth-order valence-electron chi connectivity index (χ4n) is 3.54. The summed E-state index contributed by atoms with van der Waals surface area (Å²) >= 11 is 5.83. The standard InChI is InChI=1S/C22H27ClFN5O2Si/c1-21(2)20(25)29-22(3,13-32(21)27-9-10-31-4)16-11-15(6-7-17(16)24)28-19(30)18-8-5-14(23)12-26-18/h5-8,11-12H,9-10,13H2,1-4H3,(H2,25,29)(H,28,30)/t22-/m0/s1. The second kappa shape index (κ2) is 9.56. The summed E-state index contributed by atoms with van der Waals surface area (Å²) in [6.07, 6.45) is 1.39. The van der Waals surface area contributed by atoms with Gasteiger partial charge in [-0.1, -0.05) is 25.4 Å². The van der Waals surface area contributed by atoms with Gasteiger partial charge in [0.2, 0.25) is 0 Å². The number of carbonyl (C=O) groups is 1. The van der Waals surface area contributed by atoms with Gasteiger partial charge >= 0.3 is 0 Å². The van der Waals surface area contributed by atoms with Crippen LogP contribution < -0.4 is 11.1 Å². The summed E-state index contributed by atoms with van der Waals surface area (Å²) < 4.78 is 24.9. The Morgan fingerprint density at radius 3 is 2.75 bits per heavy atom. The topological polar surface area (TPSA) is 102 Å². The highest BCUT2D eigenvalue weighted by atomic mass is 35.5. The lowest BCUT2D eigenvalue weighted by atomic mass is 9.92. The van der Waals surface area contributed by atoms with Gasteiger partial charge < -0.3 is 20.4 Å². The second-order valence-corrected chi connectivity index (χ2v) is 11.7. The molecule has 3 rings (SSSR count). The van der Waals surface area contributed by atoms with E-state index < -0.39 is 25.9 Å². The smallest absolute Gasteiger partial charge is 0.274 e. The number of hydrogen-bond donors (Lipinski definition) is 2. The van der Waals surface area contributed by atoms with Crippen LogP contribution in [0.15, 0.2) is 46.2 Å². The molecule has 2 heterocycles. The van der Waals surface area contributed by atoms with Crippen molar-refractivity contribution >= 4 is 37.6 Å². The zero-order chi connectivity index (χ0) is 23.5. The highest BCUT2D eigenvalue weighted by Crippen LogP contribution is 2.44. The second-order valence-electron chi connectivity index (χ2n) is 8.40. The van der Waals surface area contributed by atoms with E-state index in [0.717, 1.165) is 0 Å². The molecule has 0 unspecified atom stereocenters. The highest BCUT2D eigenvalue weighted by Gasteiger charge is 2.44. The van der Waals surface area contributed by atoms with Crippen LogP contribution in [0.5, 0.6) is 0 Å². The van der Waals surface area contributed by atoms with Crippen LogP contribution in [0.2, 0.25) is 16.1 Å². The molecule has 7 nitrogen and oxygen atoms in total. The molecule has 1 aliphatic rings. The van der Waals surface area contributed by atoms with Crippen molar-refractivity contribution in [2.24, 2.45) is 15.4 Å². The van der Waals surface area contributed by atoms with Gasteiger partial charge in [-0.05, 0) is 37.3 Å². The number of amides is 1. The van der Waals surface area contributed by atoms with E-state index in [1.54, 1.807) is 19.2 Å². The molecule has 0 spiro atoms. The van der Waals surface area contributed by atoms with Gasteiger partial charge in [-0.15, -0.1) is 0 Å². The number of pyridine rings is 1. The van der Waals surface area contributed by atoms with Crippen LogP contribution in [0.3, 0.4) is 0 Å². The van der Waals surface area contributed by atoms with Crippen LogP contribution in [0.4, 0.5) is 10.1 Å². The van der Waals surface area contributed by atoms with E-state index in [0.29, 0.717) is 41.3 Å². The largest absolute Gasteiger partial charge is 0.387 e. The van der Waals surface area contributed by atoms with E-state index in [1.165, 1.54) is 24.4 Å². The quantitative estimate of drug-likeness (QED) is 0.477. The van der Waals surface area contributed by atoms with Crippen molar-refractivity contribution in [2.75, 3.05) is 25.6 Å². The monoisotopic (exact) mass is 475 g/mol. The number of rotatable bonds is 6. The average Bonchev–Trinajstić information content (AvgIpc) is 2.74. The number of halogens is 2. The van der Waals surface area contributed by atoms with Crippen molar-refractivity contribution in [3.8, 4) is 0 Å². The number of nitrogens with zero attached hydrogens (tertiary/aromatic N) is 3. The summed E-state index contributed by atoms with van der Waals surface area (Å²) in [7, 11) is 0.248. The summed E-state index contributed by atoms with van der Waals surface area (Å²) in [4.78, 5) is 21.3. The Morgan fingerprint density at radius 1 is 1.34 bits per heavy atom.